The fraction of sp³-hybridized carbons (Fsp3) is 0.267. The molecule has 1 aromatic heterocycles. The van der Waals surface area contributed by atoms with Crippen LogP contribution in [-0.4, -0.2) is 42.0 Å². The molecule has 0 N–H and O–H groups in total. The number of aryl methyl sites for hydroxylation is 2. The molecule has 0 bridgehead atoms. The normalized spacial score (nSPS) is 12.9. The summed E-state index contributed by atoms with van der Waals surface area (Å²) in [4.78, 5) is 26.6. The first-order chi connectivity index (χ1) is 17.5. The number of ether oxygens (including phenoxy) is 2. The summed E-state index contributed by atoms with van der Waals surface area (Å²) in [6.07, 6.45) is 2.61. The van der Waals surface area contributed by atoms with Crippen LogP contribution in [0.5, 0.6) is 11.5 Å². The van der Waals surface area contributed by atoms with E-state index in [1.807, 2.05) is 18.2 Å². The number of carbonyl (C=O) groups is 2. The molecule has 184 valence electrons. The molecule has 5 rings (SSSR count). The van der Waals surface area contributed by atoms with E-state index in [4.69, 9.17) is 9.47 Å². The molecule has 3 aromatic carbocycles. The van der Waals surface area contributed by atoms with Crippen LogP contribution in [-0.2, 0) is 6.54 Å². The fourth-order valence-corrected chi connectivity index (χ4v) is 5.14. The third-order valence-corrected chi connectivity index (χ3v) is 7.03. The van der Waals surface area contributed by atoms with Crippen molar-refractivity contribution in [1.29, 1.82) is 0 Å². The largest absolute Gasteiger partial charge is 0.497 e. The van der Waals surface area contributed by atoms with Crippen LogP contribution in [0.3, 0.4) is 0 Å². The van der Waals surface area contributed by atoms with E-state index in [1.54, 1.807) is 38.5 Å². The van der Waals surface area contributed by atoms with Crippen LogP contribution in [0, 0.1) is 6.92 Å². The number of aromatic nitrogens is 1. The molecule has 0 saturated heterocycles. The van der Waals surface area contributed by atoms with Crippen molar-refractivity contribution in [3.8, 4) is 22.8 Å². The molecule has 2 amide bonds. The quantitative estimate of drug-likeness (QED) is 0.214. The molecule has 1 aliphatic heterocycles. The maximum Gasteiger partial charge on any atom is 0.261 e. The number of amides is 2. The lowest BCUT2D eigenvalue weighted by atomic mass is 10.1. The van der Waals surface area contributed by atoms with Gasteiger partial charge in [0.25, 0.3) is 11.8 Å². The van der Waals surface area contributed by atoms with Crippen LogP contribution in [0.2, 0.25) is 0 Å². The number of unbranched alkanes of at least 4 members (excludes halogenated alkanes) is 2. The van der Waals surface area contributed by atoms with Gasteiger partial charge in [0.05, 0.1) is 31.0 Å². The highest BCUT2D eigenvalue weighted by Gasteiger charge is 2.34. The second-order valence-electron chi connectivity index (χ2n) is 9.11. The zero-order valence-electron chi connectivity index (χ0n) is 20.9. The Bertz CT molecular complexity index is 1400. The highest BCUT2D eigenvalue weighted by Crippen LogP contribution is 2.36. The fourth-order valence-electron chi connectivity index (χ4n) is 5.14. The Morgan fingerprint density at radius 1 is 0.722 bits per heavy atom. The molecule has 1 aliphatic rings. The topological polar surface area (TPSA) is 60.8 Å². The van der Waals surface area contributed by atoms with E-state index in [1.165, 1.54) is 27.1 Å². The number of imide groups is 1. The predicted octanol–water partition coefficient (Wildman–Crippen LogP) is 6.10. The first-order valence-electron chi connectivity index (χ1n) is 12.3. The van der Waals surface area contributed by atoms with Gasteiger partial charge in [-0.25, -0.2) is 0 Å². The van der Waals surface area contributed by atoms with E-state index in [2.05, 4.69) is 35.8 Å². The van der Waals surface area contributed by atoms with E-state index in [9.17, 15) is 9.59 Å². The van der Waals surface area contributed by atoms with Crippen LogP contribution < -0.4 is 9.47 Å². The summed E-state index contributed by atoms with van der Waals surface area (Å²) >= 11 is 0. The lowest BCUT2D eigenvalue weighted by Crippen LogP contribution is -2.30. The summed E-state index contributed by atoms with van der Waals surface area (Å²) < 4.78 is 13.2. The maximum absolute atomic E-state index is 12.6. The third-order valence-electron chi connectivity index (χ3n) is 7.03. The molecular formula is C30H30N2O4. The lowest BCUT2D eigenvalue weighted by Gasteiger charge is -2.15. The molecule has 0 radical (unpaired) electrons. The van der Waals surface area contributed by atoms with Gasteiger partial charge in [0.15, 0.2) is 0 Å². The molecule has 0 atom stereocenters. The molecule has 2 heterocycles. The highest BCUT2D eigenvalue weighted by molar-refractivity contribution is 6.21. The third kappa shape index (κ3) is 4.13. The van der Waals surface area contributed by atoms with Gasteiger partial charge < -0.3 is 14.0 Å². The zero-order chi connectivity index (χ0) is 25.2. The predicted molar refractivity (Wildman–Crippen MR) is 141 cm³/mol. The summed E-state index contributed by atoms with van der Waals surface area (Å²) in [5.41, 5.74) is 5.71. The van der Waals surface area contributed by atoms with Crippen molar-refractivity contribution >= 4 is 22.7 Å². The highest BCUT2D eigenvalue weighted by atomic mass is 16.5. The number of methoxy groups -OCH3 is 2. The number of benzene rings is 3. The first kappa shape index (κ1) is 23.7. The summed E-state index contributed by atoms with van der Waals surface area (Å²) in [5, 5.41) is 1.17. The Hall–Kier alpha value is -4.06. The van der Waals surface area contributed by atoms with Gasteiger partial charge in [-0.15, -0.1) is 0 Å². The molecule has 0 spiro atoms. The van der Waals surface area contributed by atoms with Gasteiger partial charge in [0.1, 0.15) is 11.5 Å². The van der Waals surface area contributed by atoms with Gasteiger partial charge in [-0.05, 0) is 91.9 Å². The van der Waals surface area contributed by atoms with Gasteiger partial charge >= 0.3 is 0 Å². The summed E-state index contributed by atoms with van der Waals surface area (Å²) in [7, 11) is 3.36. The van der Waals surface area contributed by atoms with E-state index >= 15 is 0 Å². The SMILES string of the molecule is COc1ccc(-c2c(C)c3cc(OC)ccc3n2CCCCCN2C(=O)c3ccccc3C2=O)cc1. The number of rotatable bonds is 9. The number of hydrogen-bond acceptors (Lipinski definition) is 4. The van der Waals surface area contributed by atoms with Gasteiger partial charge in [-0.1, -0.05) is 12.1 Å². The van der Waals surface area contributed by atoms with Crippen LogP contribution in [0.25, 0.3) is 22.2 Å². The Morgan fingerprint density at radius 3 is 1.97 bits per heavy atom. The molecule has 6 nitrogen and oxygen atoms in total. The van der Waals surface area contributed by atoms with Crippen molar-refractivity contribution in [3.63, 3.8) is 0 Å². The smallest absolute Gasteiger partial charge is 0.261 e. The van der Waals surface area contributed by atoms with Crippen LogP contribution in [0.4, 0.5) is 0 Å². The second-order valence-corrected chi connectivity index (χ2v) is 9.11. The number of nitrogens with zero attached hydrogens (tertiary/aromatic N) is 2. The van der Waals surface area contributed by atoms with Gasteiger partial charge in [-0.2, -0.15) is 0 Å². The van der Waals surface area contributed by atoms with Crippen molar-refractivity contribution in [2.75, 3.05) is 20.8 Å². The Labute approximate surface area is 211 Å². The molecule has 6 heteroatoms. The Morgan fingerprint density at radius 2 is 1.33 bits per heavy atom. The molecule has 0 unspecified atom stereocenters. The van der Waals surface area contributed by atoms with Crippen molar-refractivity contribution in [2.24, 2.45) is 0 Å². The minimum Gasteiger partial charge on any atom is -0.497 e. The van der Waals surface area contributed by atoms with Crippen molar-refractivity contribution in [1.82, 2.24) is 9.47 Å². The molecule has 0 fully saturated rings. The van der Waals surface area contributed by atoms with Crippen LogP contribution in [0.15, 0.2) is 66.7 Å². The monoisotopic (exact) mass is 482 g/mol. The van der Waals surface area contributed by atoms with Crippen LogP contribution in [0.1, 0.15) is 45.5 Å². The average Bonchev–Trinajstić information content (AvgIpc) is 3.33. The molecule has 0 aliphatic carbocycles. The van der Waals surface area contributed by atoms with Crippen molar-refractivity contribution in [3.05, 3.63) is 83.4 Å². The zero-order valence-corrected chi connectivity index (χ0v) is 20.9. The van der Waals surface area contributed by atoms with Gasteiger partial charge in [-0.3, -0.25) is 14.5 Å². The Balaban J connectivity index is 1.32. The number of hydrogen-bond donors (Lipinski definition) is 0. The van der Waals surface area contributed by atoms with E-state index in [0.717, 1.165) is 42.9 Å². The van der Waals surface area contributed by atoms with Crippen molar-refractivity contribution in [2.45, 2.75) is 32.7 Å². The summed E-state index contributed by atoms with van der Waals surface area (Å²) in [5.74, 6) is 1.30. The maximum atomic E-state index is 12.6. The summed E-state index contributed by atoms with van der Waals surface area (Å²) in [6, 6.07) is 21.4. The van der Waals surface area contributed by atoms with E-state index in [-0.39, 0.29) is 11.8 Å². The number of carbonyl (C=O) groups excluding carboxylic acids is 2. The van der Waals surface area contributed by atoms with Gasteiger partial charge in [0, 0.05) is 24.0 Å². The first-order valence-corrected chi connectivity index (χ1v) is 12.3. The van der Waals surface area contributed by atoms with Gasteiger partial charge in [0.2, 0.25) is 0 Å². The lowest BCUT2D eigenvalue weighted by molar-refractivity contribution is 0.0651. The average molecular weight is 483 g/mol. The molecule has 4 aromatic rings. The standard InChI is InChI=1S/C30H30N2O4/c1-20-26-19-23(36-3)15-16-27(26)31(28(20)21-11-13-22(35-2)14-12-21)17-7-4-8-18-32-29(33)24-9-5-6-10-25(24)30(32)34/h5-6,9-16,19H,4,7-8,17-18H2,1-3H3. The number of fused-ring (bicyclic) bond motifs is 2. The minimum atomic E-state index is -0.182. The van der Waals surface area contributed by atoms with Crippen LogP contribution >= 0.6 is 0 Å². The molecule has 0 saturated carbocycles. The van der Waals surface area contributed by atoms with Crippen molar-refractivity contribution < 1.29 is 19.1 Å². The molecular weight excluding hydrogens is 452 g/mol. The minimum absolute atomic E-state index is 0.182. The Kier molecular flexibility index (Phi) is 6.51. The molecule has 36 heavy (non-hydrogen) atoms. The van der Waals surface area contributed by atoms with E-state index < -0.39 is 0 Å². The second kappa shape index (κ2) is 9.90. The summed E-state index contributed by atoms with van der Waals surface area (Å²) in [6.45, 7) is 3.43. The van der Waals surface area contributed by atoms with E-state index in [0.29, 0.717) is 17.7 Å².